The van der Waals surface area contributed by atoms with Gasteiger partial charge in [0.25, 0.3) is 0 Å². The van der Waals surface area contributed by atoms with Crippen molar-refractivity contribution in [2.75, 3.05) is 13.2 Å². The largest absolute Gasteiger partial charge is 0.496 e. The van der Waals surface area contributed by atoms with E-state index in [4.69, 9.17) is 13.9 Å². The van der Waals surface area contributed by atoms with Gasteiger partial charge in [-0.25, -0.2) is 0 Å². The minimum Gasteiger partial charge on any atom is -0.486 e. The van der Waals surface area contributed by atoms with Crippen molar-refractivity contribution in [2.45, 2.75) is 71.1 Å². The molecule has 0 bridgehead atoms. The molecular weight excluding hydrogens is 415 g/mol. The zero-order valence-corrected chi connectivity index (χ0v) is 20.4. The molecule has 2 N–H and O–H groups in total. The van der Waals surface area contributed by atoms with Crippen molar-refractivity contribution in [3.63, 3.8) is 0 Å². The summed E-state index contributed by atoms with van der Waals surface area (Å²) in [6.45, 7) is 17.3. The van der Waals surface area contributed by atoms with Crippen molar-refractivity contribution < 1.29 is 23.9 Å². The zero-order valence-electron chi connectivity index (χ0n) is 20.4. The Morgan fingerprint density at radius 1 is 1.12 bits per heavy atom. The van der Waals surface area contributed by atoms with Gasteiger partial charge in [-0.15, -0.1) is 0 Å². The van der Waals surface area contributed by atoms with E-state index < -0.39 is 7.12 Å². The molecule has 3 atom stereocenters. The maximum atomic E-state index is 10.4. The molecular formula is C27H37BO5. The maximum absolute atomic E-state index is 10.4. The Morgan fingerprint density at radius 3 is 2.48 bits per heavy atom. The fraction of sp³-hybridized carbons (Fsp3) is 0.556. The summed E-state index contributed by atoms with van der Waals surface area (Å²) in [6, 6.07) is 1.97. The van der Waals surface area contributed by atoms with Crippen LogP contribution in [0.2, 0.25) is 0 Å². The second-order valence-electron chi connectivity index (χ2n) is 10.7. The molecule has 4 rings (SSSR count). The van der Waals surface area contributed by atoms with E-state index in [0.717, 1.165) is 36.8 Å². The molecule has 3 unspecified atom stereocenters. The molecule has 1 aromatic heterocycles. The van der Waals surface area contributed by atoms with E-state index in [1.807, 2.05) is 6.07 Å². The van der Waals surface area contributed by atoms with Crippen LogP contribution in [-0.2, 0) is 5.41 Å². The van der Waals surface area contributed by atoms with Crippen LogP contribution in [0.25, 0.3) is 11.0 Å². The van der Waals surface area contributed by atoms with Gasteiger partial charge < -0.3 is 23.9 Å². The van der Waals surface area contributed by atoms with E-state index in [-0.39, 0.29) is 41.2 Å². The molecule has 0 amide bonds. The monoisotopic (exact) mass is 452 g/mol. The van der Waals surface area contributed by atoms with Gasteiger partial charge in [-0.1, -0.05) is 59.4 Å². The van der Waals surface area contributed by atoms with E-state index in [1.54, 1.807) is 12.2 Å². The molecule has 0 aliphatic heterocycles. The molecule has 1 fully saturated rings. The van der Waals surface area contributed by atoms with Crippen LogP contribution >= 0.6 is 0 Å². The van der Waals surface area contributed by atoms with Crippen LogP contribution in [0.3, 0.4) is 0 Å². The smallest absolute Gasteiger partial charge is 0.486 e. The summed E-state index contributed by atoms with van der Waals surface area (Å²) in [4.78, 5) is 0. The fourth-order valence-electron chi connectivity index (χ4n) is 6.63. The summed E-state index contributed by atoms with van der Waals surface area (Å²) in [5, 5.41) is 21.8. The third kappa shape index (κ3) is 3.91. The van der Waals surface area contributed by atoms with Crippen molar-refractivity contribution in [1.29, 1.82) is 0 Å². The lowest BCUT2D eigenvalue weighted by Gasteiger charge is -2.50. The molecule has 2 aromatic rings. The molecule has 2 aliphatic carbocycles. The Morgan fingerprint density at radius 2 is 1.82 bits per heavy atom. The van der Waals surface area contributed by atoms with E-state index in [9.17, 15) is 10.0 Å². The topological polar surface area (TPSA) is 72.1 Å². The van der Waals surface area contributed by atoms with Gasteiger partial charge in [0.05, 0.1) is 5.46 Å². The minimum atomic E-state index is -1.77. The summed E-state index contributed by atoms with van der Waals surface area (Å²) < 4.78 is 18.4. The van der Waals surface area contributed by atoms with Crippen LogP contribution in [0, 0.1) is 11.3 Å². The van der Waals surface area contributed by atoms with Crippen molar-refractivity contribution in [3.8, 4) is 11.5 Å². The van der Waals surface area contributed by atoms with Crippen molar-refractivity contribution in [1.82, 2.24) is 0 Å². The highest BCUT2D eigenvalue weighted by molar-refractivity contribution is 6.63. The average Bonchev–Trinajstić information content (AvgIpc) is 3.09. The Balaban J connectivity index is 2.05. The number of rotatable bonds is 7. The first-order valence-corrected chi connectivity index (χ1v) is 12.1. The lowest BCUT2D eigenvalue weighted by Crippen LogP contribution is -2.44. The van der Waals surface area contributed by atoms with Crippen LogP contribution in [-0.4, -0.2) is 30.4 Å². The van der Waals surface area contributed by atoms with E-state index in [0.29, 0.717) is 17.3 Å². The van der Waals surface area contributed by atoms with Crippen LogP contribution in [0.4, 0.5) is 0 Å². The first-order valence-electron chi connectivity index (χ1n) is 12.1. The molecule has 1 heterocycles. The summed E-state index contributed by atoms with van der Waals surface area (Å²) in [7, 11) is -1.77. The molecule has 0 radical (unpaired) electrons. The van der Waals surface area contributed by atoms with Gasteiger partial charge in [0.15, 0.2) is 11.5 Å². The van der Waals surface area contributed by atoms with Gasteiger partial charge in [0, 0.05) is 16.9 Å². The Bertz CT molecular complexity index is 1050. The number of furan rings is 1. The van der Waals surface area contributed by atoms with Gasteiger partial charge in [-0.05, 0) is 48.5 Å². The third-order valence-electron chi connectivity index (χ3n) is 8.06. The van der Waals surface area contributed by atoms with E-state index >= 15 is 0 Å². The highest BCUT2D eigenvalue weighted by atomic mass is 16.5. The summed E-state index contributed by atoms with van der Waals surface area (Å²) in [6.07, 6.45) is 8.96. The second-order valence-corrected chi connectivity index (χ2v) is 10.7. The maximum Gasteiger partial charge on any atom is 0.496 e. The first kappa shape index (κ1) is 24.0. The van der Waals surface area contributed by atoms with Crippen molar-refractivity contribution in [2.24, 2.45) is 11.3 Å². The van der Waals surface area contributed by atoms with Gasteiger partial charge in [0.2, 0.25) is 0 Å². The predicted molar refractivity (Wildman–Crippen MR) is 134 cm³/mol. The lowest BCUT2D eigenvalue weighted by molar-refractivity contribution is 0.0504. The van der Waals surface area contributed by atoms with Gasteiger partial charge >= 0.3 is 7.12 Å². The molecule has 1 saturated carbocycles. The zero-order chi connectivity index (χ0) is 24.0. The summed E-state index contributed by atoms with van der Waals surface area (Å²) >= 11 is 0. The third-order valence-corrected chi connectivity index (χ3v) is 8.06. The summed E-state index contributed by atoms with van der Waals surface area (Å²) in [5.74, 6) is 2.46. The van der Waals surface area contributed by atoms with Gasteiger partial charge in [-0.2, -0.15) is 0 Å². The molecule has 6 heteroatoms. The van der Waals surface area contributed by atoms with Crippen molar-refractivity contribution >= 4 is 23.6 Å². The number of ether oxygens (including phenoxy) is 2. The molecule has 33 heavy (non-hydrogen) atoms. The van der Waals surface area contributed by atoms with E-state index in [1.165, 1.54) is 12.0 Å². The van der Waals surface area contributed by atoms with Crippen LogP contribution in [0.5, 0.6) is 11.5 Å². The molecule has 1 aromatic carbocycles. The first-order chi connectivity index (χ1) is 15.7. The number of fused-ring (bicyclic) bond motifs is 5. The Hall–Kier alpha value is -2.18. The molecule has 0 spiro atoms. The van der Waals surface area contributed by atoms with E-state index in [2.05, 4.69) is 40.9 Å². The standard InChI is InChI=1S/C27H37BO5/c1-7-14-31-19-16-18-21-23(33-24(18)22(28(29)30)25(19)32-15-8-2)17(3)10-11-20-26(4,5)12-9-13-27(20,21)6/h7-8,16-17,20,29-30H,1-2,9-15H2,3-6H3. The Labute approximate surface area is 197 Å². The van der Waals surface area contributed by atoms with Crippen molar-refractivity contribution in [3.05, 3.63) is 42.7 Å². The predicted octanol–water partition coefficient (Wildman–Crippen LogP) is 5.22. The highest BCUT2D eigenvalue weighted by Crippen LogP contribution is 2.59. The van der Waals surface area contributed by atoms with Crippen LogP contribution < -0.4 is 14.9 Å². The SMILES string of the molecule is C=CCOc1cc2c3c(oc2c(B(O)O)c1OCC=C)C(C)CCC1C(C)(C)CCCC31C. The lowest BCUT2D eigenvalue weighted by atomic mass is 9.53. The highest BCUT2D eigenvalue weighted by Gasteiger charge is 2.51. The summed E-state index contributed by atoms with van der Waals surface area (Å²) in [5.41, 5.74) is 2.07. The average molecular weight is 452 g/mol. The second kappa shape index (κ2) is 8.88. The van der Waals surface area contributed by atoms with Gasteiger partial charge in [-0.3, -0.25) is 0 Å². The molecule has 2 aliphatic rings. The fourth-order valence-corrected chi connectivity index (χ4v) is 6.63. The molecule has 5 nitrogen and oxygen atoms in total. The number of benzene rings is 1. The quantitative estimate of drug-likeness (QED) is 0.445. The number of hydrogen-bond donors (Lipinski definition) is 2. The molecule has 0 saturated heterocycles. The van der Waals surface area contributed by atoms with Crippen LogP contribution in [0.15, 0.2) is 35.8 Å². The number of hydrogen-bond acceptors (Lipinski definition) is 5. The minimum absolute atomic E-state index is 0.0655. The normalized spacial score (nSPS) is 26.1. The van der Waals surface area contributed by atoms with Gasteiger partial charge in [0.1, 0.15) is 24.6 Å². The van der Waals surface area contributed by atoms with Crippen LogP contribution in [0.1, 0.15) is 77.0 Å². The Kier molecular flexibility index (Phi) is 6.45. The molecule has 178 valence electrons.